The third-order valence-corrected chi connectivity index (χ3v) is 4.18. The normalized spacial score (nSPS) is 13.9. The minimum absolute atomic E-state index is 0.397. The van der Waals surface area contributed by atoms with Crippen LogP contribution in [0.5, 0.6) is 0 Å². The second-order valence-corrected chi connectivity index (χ2v) is 6.55. The minimum atomic E-state index is -0.791. The Morgan fingerprint density at radius 1 is 0.607 bits per heavy atom. The molecule has 0 spiro atoms. The molecule has 0 aliphatic rings. The first-order valence-corrected chi connectivity index (χ1v) is 9.65. The quantitative estimate of drug-likeness (QED) is 0.406. The zero-order chi connectivity index (χ0) is 19.9. The number of ether oxygens (including phenoxy) is 2. The van der Waals surface area contributed by atoms with E-state index >= 15 is 0 Å². The van der Waals surface area contributed by atoms with Crippen LogP contribution in [0.4, 0.5) is 0 Å². The molecule has 2 aromatic carbocycles. The largest absolute Gasteiger partial charge is 0.390 e. The molecule has 0 aliphatic carbocycles. The lowest BCUT2D eigenvalue weighted by Crippen LogP contribution is -2.24. The molecule has 4 nitrogen and oxygen atoms in total. The van der Waals surface area contributed by atoms with Crippen LogP contribution in [0.3, 0.4) is 0 Å². The van der Waals surface area contributed by atoms with Crippen molar-refractivity contribution in [3.63, 3.8) is 0 Å². The molecule has 0 amide bonds. The Hall–Kier alpha value is -2.24. The van der Waals surface area contributed by atoms with E-state index in [1.165, 1.54) is 0 Å². The van der Waals surface area contributed by atoms with Gasteiger partial charge in [-0.1, -0.05) is 85.0 Å². The van der Waals surface area contributed by atoms with Crippen LogP contribution in [-0.2, 0) is 22.7 Å². The zero-order valence-electron chi connectivity index (χ0n) is 16.2. The summed E-state index contributed by atoms with van der Waals surface area (Å²) in [4.78, 5) is 0. The number of aliphatic hydroxyl groups excluding tert-OH is 2. The van der Waals surface area contributed by atoms with E-state index in [2.05, 4.69) is 0 Å². The van der Waals surface area contributed by atoms with E-state index in [-0.39, 0.29) is 0 Å². The highest BCUT2D eigenvalue weighted by molar-refractivity contribution is 5.14. The van der Waals surface area contributed by atoms with E-state index in [4.69, 9.17) is 9.47 Å². The Bertz CT molecular complexity index is 621. The molecule has 0 heterocycles. The molecule has 2 rings (SSSR count). The standard InChI is InChI=1S/C24H30O4/c25-23(15-7-9-17-27-19-21-11-3-1-4-12-21)24(26)16-8-10-18-28-20-22-13-5-2-6-14-22/h1-14,23-26H,15-20H2/b9-7-,10-8-/t23-,24-/m1/s1. The fourth-order valence-electron chi connectivity index (χ4n) is 2.56. The number of benzene rings is 2. The highest BCUT2D eigenvalue weighted by Gasteiger charge is 2.12. The first kappa shape index (κ1) is 22.1. The molecular weight excluding hydrogens is 352 g/mol. The SMILES string of the molecule is O[C@H](C/C=C\COCc1ccccc1)[C@H](O)C/C=C\COCc1ccccc1. The lowest BCUT2D eigenvalue weighted by molar-refractivity contribution is 0.0235. The van der Waals surface area contributed by atoms with Crippen LogP contribution in [0.1, 0.15) is 24.0 Å². The Labute approximate surface area is 167 Å². The second-order valence-electron chi connectivity index (χ2n) is 6.55. The van der Waals surface area contributed by atoms with Crippen LogP contribution in [0.15, 0.2) is 85.0 Å². The van der Waals surface area contributed by atoms with Crippen molar-refractivity contribution in [3.05, 3.63) is 96.1 Å². The van der Waals surface area contributed by atoms with Gasteiger partial charge in [0, 0.05) is 0 Å². The van der Waals surface area contributed by atoms with Crippen LogP contribution in [0.25, 0.3) is 0 Å². The van der Waals surface area contributed by atoms with Crippen LogP contribution >= 0.6 is 0 Å². The van der Waals surface area contributed by atoms with Crippen molar-refractivity contribution in [2.75, 3.05) is 13.2 Å². The summed E-state index contributed by atoms with van der Waals surface area (Å²) in [5, 5.41) is 20.0. The fourth-order valence-corrected chi connectivity index (χ4v) is 2.56. The van der Waals surface area contributed by atoms with Gasteiger partial charge in [0.25, 0.3) is 0 Å². The molecule has 0 aromatic heterocycles. The fraction of sp³-hybridized carbons (Fsp3) is 0.333. The maximum atomic E-state index is 10.00. The van der Waals surface area contributed by atoms with Crippen molar-refractivity contribution in [2.45, 2.75) is 38.3 Å². The summed E-state index contributed by atoms with van der Waals surface area (Å²) in [6.45, 7) is 2.09. The maximum absolute atomic E-state index is 10.00. The summed E-state index contributed by atoms with van der Waals surface area (Å²) in [6, 6.07) is 20.0. The van der Waals surface area contributed by atoms with Crippen LogP contribution in [0.2, 0.25) is 0 Å². The summed E-state index contributed by atoms with van der Waals surface area (Å²) < 4.78 is 11.1. The molecule has 0 saturated carbocycles. The van der Waals surface area contributed by atoms with Crippen molar-refractivity contribution in [1.82, 2.24) is 0 Å². The molecule has 0 fully saturated rings. The summed E-state index contributed by atoms with van der Waals surface area (Å²) in [6.07, 6.45) is 6.62. The van der Waals surface area contributed by atoms with Crippen molar-refractivity contribution in [3.8, 4) is 0 Å². The van der Waals surface area contributed by atoms with Crippen molar-refractivity contribution < 1.29 is 19.7 Å². The molecule has 150 valence electrons. The second kappa shape index (κ2) is 13.9. The van der Waals surface area contributed by atoms with E-state index in [0.717, 1.165) is 11.1 Å². The molecule has 0 saturated heterocycles. The average Bonchev–Trinajstić information content (AvgIpc) is 2.74. The first-order chi connectivity index (χ1) is 13.8. The van der Waals surface area contributed by atoms with Crippen molar-refractivity contribution >= 4 is 0 Å². The van der Waals surface area contributed by atoms with Crippen molar-refractivity contribution in [1.29, 1.82) is 0 Å². The first-order valence-electron chi connectivity index (χ1n) is 9.65. The maximum Gasteiger partial charge on any atom is 0.0836 e. The highest BCUT2D eigenvalue weighted by atomic mass is 16.5. The van der Waals surface area contributed by atoms with Gasteiger partial charge in [-0.3, -0.25) is 0 Å². The zero-order valence-corrected chi connectivity index (χ0v) is 16.2. The summed E-state index contributed by atoms with van der Waals surface area (Å²) in [5.74, 6) is 0. The van der Waals surface area contributed by atoms with Crippen LogP contribution < -0.4 is 0 Å². The van der Waals surface area contributed by atoms with Gasteiger partial charge >= 0.3 is 0 Å². The Balaban J connectivity index is 1.51. The van der Waals surface area contributed by atoms with E-state index in [9.17, 15) is 10.2 Å². The predicted octanol–water partition coefficient (Wildman–Crippen LogP) is 4.03. The van der Waals surface area contributed by atoms with Crippen molar-refractivity contribution in [2.24, 2.45) is 0 Å². The molecule has 4 heteroatoms. The molecule has 0 bridgehead atoms. The lowest BCUT2D eigenvalue weighted by Gasteiger charge is -2.14. The van der Waals surface area contributed by atoms with E-state index in [1.54, 1.807) is 0 Å². The van der Waals surface area contributed by atoms with E-state index in [1.807, 2.05) is 85.0 Å². The topological polar surface area (TPSA) is 58.9 Å². The van der Waals surface area contributed by atoms with Gasteiger partial charge in [0.05, 0.1) is 38.6 Å². The Morgan fingerprint density at radius 2 is 1.00 bits per heavy atom. The van der Waals surface area contributed by atoms with Gasteiger partial charge in [-0.15, -0.1) is 0 Å². The third kappa shape index (κ3) is 9.62. The molecule has 0 unspecified atom stereocenters. The molecule has 28 heavy (non-hydrogen) atoms. The number of hydrogen-bond donors (Lipinski definition) is 2. The molecule has 2 aromatic rings. The Kier molecular flexibility index (Phi) is 10.9. The molecular formula is C24H30O4. The smallest absolute Gasteiger partial charge is 0.0836 e. The number of aliphatic hydroxyl groups is 2. The van der Waals surface area contributed by atoms with Gasteiger partial charge in [-0.2, -0.15) is 0 Å². The van der Waals surface area contributed by atoms with Crippen LogP contribution in [-0.4, -0.2) is 35.6 Å². The molecule has 0 radical (unpaired) electrons. The summed E-state index contributed by atoms with van der Waals surface area (Å²) >= 11 is 0. The lowest BCUT2D eigenvalue weighted by atomic mass is 10.1. The molecule has 0 aliphatic heterocycles. The number of hydrogen-bond acceptors (Lipinski definition) is 4. The van der Waals surface area contributed by atoms with E-state index in [0.29, 0.717) is 39.3 Å². The molecule has 2 atom stereocenters. The molecule has 2 N–H and O–H groups in total. The third-order valence-electron chi connectivity index (χ3n) is 4.18. The van der Waals surface area contributed by atoms with Gasteiger partial charge in [0.1, 0.15) is 0 Å². The van der Waals surface area contributed by atoms with Gasteiger partial charge < -0.3 is 19.7 Å². The van der Waals surface area contributed by atoms with Gasteiger partial charge in [0.2, 0.25) is 0 Å². The minimum Gasteiger partial charge on any atom is -0.390 e. The summed E-state index contributed by atoms with van der Waals surface area (Å²) in [7, 11) is 0. The van der Waals surface area contributed by atoms with Crippen LogP contribution in [0, 0.1) is 0 Å². The predicted molar refractivity (Wildman–Crippen MR) is 112 cm³/mol. The Morgan fingerprint density at radius 3 is 1.39 bits per heavy atom. The summed E-state index contributed by atoms with van der Waals surface area (Å²) in [5.41, 5.74) is 2.26. The van der Waals surface area contributed by atoms with E-state index < -0.39 is 12.2 Å². The monoisotopic (exact) mass is 382 g/mol. The van der Waals surface area contributed by atoms with Gasteiger partial charge in [-0.25, -0.2) is 0 Å². The highest BCUT2D eigenvalue weighted by Crippen LogP contribution is 2.06. The average molecular weight is 383 g/mol. The van der Waals surface area contributed by atoms with Gasteiger partial charge in [0.15, 0.2) is 0 Å². The number of rotatable bonds is 13. The van der Waals surface area contributed by atoms with Gasteiger partial charge in [-0.05, 0) is 24.0 Å².